The first-order valence-corrected chi connectivity index (χ1v) is 3.89. The Morgan fingerprint density at radius 2 is 2.00 bits per heavy atom. The zero-order chi connectivity index (χ0) is 4.28. The second-order valence-corrected chi connectivity index (χ2v) is 2.76. The van der Waals surface area contributed by atoms with Gasteiger partial charge in [-0.2, -0.15) is 0 Å². The van der Waals surface area contributed by atoms with Gasteiger partial charge < -0.3 is 4.79 Å². The Morgan fingerprint density at radius 1 is 1.80 bits per heavy atom. The van der Waals surface area contributed by atoms with Gasteiger partial charge in [-0.25, -0.2) is 0 Å². The summed E-state index contributed by atoms with van der Waals surface area (Å²) in [6, 6.07) is 0. The minimum atomic E-state index is -0.290. The zero-order valence-electron chi connectivity index (χ0n) is 3.62. The third-order valence-corrected chi connectivity index (χ3v) is 1.49. The fourth-order valence-electron chi connectivity index (χ4n) is 0. The van der Waals surface area contributed by atoms with Crippen LogP contribution in [0.5, 0.6) is 0 Å². The molecule has 30 valence electrons. The van der Waals surface area contributed by atoms with Crippen LogP contribution in [0.3, 0.4) is 0 Å². The highest BCUT2D eigenvalue weighted by atomic mass is 28.2. The third kappa shape index (κ3) is 3.89. The fourth-order valence-corrected chi connectivity index (χ4v) is 0. The SMILES string of the molecule is C[SiH2]C(C)=O. The van der Waals surface area contributed by atoms with E-state index in [-0.39, 0.29) is 9.52 Å². The average molecular weight is 88.2 g/mol. The van der Waals surface area contributed by atoms with Crippen molar-refractivity contribution in [2.24, 2.45) is 0 Å². The lowest BCUT2D eigenvalue weighted by Gasteiger charge is -1.70. The second kappa shape index (κ2) is 2.14. The molecule has 0 radical (unpaired) electrons. The number of rotatable bonds is 1. The second-order valence-electron chi connectivity index (χ2n) is 1.06. The lowest BCUT2D eigenvalue weighted by molar-refractivity contribution is -0.110. The molecule has 0 aromatic heterocycles. The van der Waals surface area contributed by atoms with Crippen LogP contribution in [-0.2, 0) is 4.79 Å². The number of carbonyl (C=O) groups excluding carboxylic acids is 1. The maximum absolute atomic E-state index is 9.87. The lowest BCUT2D eigenvalue weighted by atomic mass is 10.9. The maximum Gasteiger partial charge on any atom is 0.101 e. The van der Waals surface area contributed by atoms with Crippen LogP contribution < -0.4 is 0 Å². The van der Waals surface area contributed by atoms with Gasteiger partial charge in [-0.1, -0.05) is 6.55 Å². The molecule has 0 fully saturated rings. The summed E-state index contributed by atoms with van der Waals surface area (Å²) in [6.07, 6.45) is 0. The molecular formula is C3H8OSi. The molecule has 5 heavy (non-hydrogen) atoms. The van der Waals surface area contributed by atoms with E-state index >= 15 is 0 Å². The highest BCUT2D eigenvalue weighted by Crippen LogP contribution is 1.56. The van der Waals surface area contributed by atoms with E-state index < -0.39 is 0 Å². The molecule has 0 saturated heterocycles. The first-order chi connectivity index (χ1) is 2.27. The number of hydrogen-bond donors (Lipinski definition) is 0. The standard InChI is InChI=1S/C3H8OSi/c1-3(4)5-2/h5H2,1-2H3. The van der Waals surface area contributed by atoms with E-state index in [9.17, 15) is 4.79 Å². The minimum Gasteiger partial charge on any atom is -0.307 e. The molecule has 0 heterocycles. The normalized spacial score (nSPS) is 10.0. The van der Waals surface area contributed by atoms with Gasteiger partial charge in [0.15, 0.2) is 0 Å². The summed E-state index contributed by atoms with van der Waals surface area (Å²) >= 11 is 0. The predicted octanol–water partition coefficient (Wildman–Crippen LogP) is -0.250. The van der Waals surface area contributed by atoms with Crippen LogP contribution >= 0.6 is 0 Å². The van der Waals surface area contributed by atoms with Gasteiger partial charge in [-0.3, -0.25) is 0 Å². The topological polar surface area (TPSA) is 17.1 Å². The maximum atomic E-state index is 9.87. The van der Waals surface area contributed by atoms with Crippen molar-refractivity contribution in [3.05, 3.63) is 0 Å². The van der Waals surface area contributed by atoms with Crippen molar-refractivity contribution < 1.29 is 4.79 Å². The minimum absolute atomic E-state index is 0.290. The van der Waals surface area contributed by atoms with Crippen LogP contribution in [0.1, 0.15) is 6.92 Å². The Bertz CT molecular complexity index is 42.2. The quantitative estimate of drug-likeness (QED) is 0.404. The lowest BCUT2D eigenvalue weighted by Crippen LogP contribution is -1.94. The molecule has 0 rings (SSSR count). The van der Waals surface area contributed by atoms with Gasteiger partial charge in [0.05, 0.1) is 9.52 Å². The molecule has 0 aliphatic rings. The Balaban J connectivity index is 2.85. The van der Waals surface area contributed by atoms with E-state index in [1.165, 1.54) is 0 Å². The Labute approximate surface area is 34.2 Å². The van der Waals surface area contributed by atoms with E-state index in [0.717, 1.165) is 0 Å². The fraction of sp³-hybridized carbons (Fsp3) is 0.667. The van der Waals surface area contributed by atoms with Crippen LogP contribution in [0.15, 0.2) is 0 Å². The third-order valence-electron chi connectivity index (χ3n) is 0.498. The molecule has 0 amide bonds. The molecule has 0 aromatic carbocycles. The van der Waals surface area contributed by atoms with Crippen molar-refractivity contribution in [1.29, 1.82) is 0 Å². The molecule has 2 heteroatoms. The van der Waals surface area contributed by atoms with Gasteiger partial charge >= 0.3 is 0 Å². The van der Waals surface area contributed by atoms with E-state index in [1.54, 1.807) is 6.92 Å². The first-order valence-electron chi connectivity index (χ1n) is 1.76. The summed E-state index contributed by atoms with van der Waals surface area (Å²) in [5, 5.41) is 0.394. The summed E-state index contributed by atoms with van der Waals surface area (Å²) in [6.45, 7) is 3.63. The van der Waals surface area contributed by atoms with Crippen molar-refractivity contribution in [1.82, 2.24) is 0 Å². The number of hydrogen-bond acceptors (Lipinski definition) is 1. The van der Waals surface area contributed by atoms with Crippen molar-refractivity contribution in [2.45, 2.75) is 13.5 Å². The monoisotopic (exact) mass is 88.0 g/mol. The van der Waals surface area contributed by atoms with Crippen LogP contribution in [0.4, 0.5) is 0 Å². The van der Waals surface area contributed by atoms with Crippen molar-refractivity contribution >= 4 is 14.9 Å². The summed E-state index contributed by atoms with van der Waals surface area (Å²) in [4.78, 5) is 9.87. The first kappa shape index (κ1) is 4.89. The molecular weight excluding hydrogens is 80.1 g/mol. The van der Waals surface area contributed by atoms with Gasteiger partial charge in [0.2, 0.25) is 0 Å². The van der Waals surface area contributed by atoms with E-state index in [1.807, 2.05) is 6.55 Å². The summed E-state index contributed by atoms with van der Waals surface area (Å²) < 4.78 is 0. The Kier molecular flexibility index (Phi) is 2.10. The van der Waals surface area contributed by atoms with Gasteiger partial charge in [-0.05, 0) is 6.92 Å². The van der Waals surface area contributed by atoms with Gasteiger partial charge in [-0.15, -0.1) is 0 Å². The van der Waals surface area contributed by atoms with Gasteiger partial charge in [0.1, 0.15) is 5.41 Å². The summed E-state index contributed by atoms with van der Waals surface area (Å²) in [7, 11) is -0.290. The van der Waals surface area contributed by atoms with E-state index in [2.05, 4.69) is 0 Å². The molecule has 0 aliphatic heterocycles. The van der Waals surface area contributed by atoms with Gasteiger partial charge in [0.25, 0.3) is 0 Å². The molecule has 0 spiro atoms. The van der Waals surface area contributed by atoms with Crippen LogP contribution in [0, 0.1) is 0 Å². The van der Waals surface area contributed by atoms with Crippen molar-refractivity contribution in [3.8, 4) is 0 Å². The molecule has 0 aliphatic carbocycles. The van der Waals surface area contributed by atoms with Crippen molar-refractivity contribution in [3.63, 3.8) is 0 Å². The van der Waals surface area contributed by atoms with Crippen molar-refractivity contribution in [2.75, 3.05) is 0 Å². The Morgan fingerprint density at radius 3 is 2.00 bits per heavy atom. The molecule has 1 nitrogen and oxygen atoms in total. The smallest absolute Gasteiger partial charge is 0.101 e. The van der Waals surface area contributed by atoms with Crippen LogP contribution in [-0.4, -0.2) is 14.9 Å². The molecule has 0 atom stereocenters. The predicted molar refractivity (Wildman–Crippen MR) is 25.1 cm³/mol. The zero-order valence-corrected chi connectivity index (χ0v) is 5.03. The Hall–Kier alpha value is -0.113. The van der Waals surface area contributed by atoms with Crippen LogP contribution in [0.2, 0.25) is 6.55 Å². The highest BCUT2D eigenvalue weighted by molar-refractivity contribution is 6.72. The largest absolute Gasteiger partial charge is 0.307 e. The summed E-state index contributed by atoms with van der Waals surface area (Å²) in [5.74, 6) is 0. The van der Waals surface area contributed by atoms with E-state index in [4.69, 9.17) is 0 Å². The summed E-state index contributed by atoms with van der Waals surface area (Å²) in [5.41, 5.74) is 0. The molecule has 0 N–H and O–H groups in total. The number of carbonyl (C=O) groups is 1. The van der Waals surface area contributed by atoms with E-state index in [0.29, 0.717) is 5.41 Å². The van der Waals surface area contributed by atoms with Crippen LogP contribution in [0.25, 0.3) is 0 Å². The van der Waals surface area contributed by atoms with Gasteiger partial charge in [0, 0.05) is 0 Å². The molecule has 0 unspecified atom stereocenters. The average Bonchev–Trinajstić information content (AvgIpc) is 1.38. The molecule has 0 saturated carbocycles. The molecule has 0 bridgehead atoms. The highest BCUT2D eigenvalue weighted by Gasteiger charge is 1.78. The molecule has 0 aromatic rings.